The molecule has 0 bridgehead atoms. The standard InChI is InChI=1S/C17H26N2O/c1-14-7-5-11-18-16(14)13-17(20)19-12-6-10-15-8-3-2-4-9-15/h2-4,8-9,14,16,18H,5-7,10-13H2,1H3,(H,19,20). The van der Waals surface area contributed by atoms with Gasteiger partial charge >= 0.3 is 0 Å². The zero-order chi connectivity index (χ0) is 14.2. The molecule has 0 aliphatic carbocycles. The van der Waals surface area contributed by atoms with E-state index in [0.717, 1.165) is 25.9 Å². The van der Waals surface area contributed by atoms with Crippen LogP contribution in [0.3, 0.4) is 0 Å². The summed E-state index contributed by atoms with van der Waals surface area (Å²) < 4.78 is 0. The summed E-state index contributed by atoms with van der Waals surface area (Å²) in [6, 6.07) is 10.8. The summed E-state index contributed by atoms with van der Waals surface area (Å²) in [5.74, 6) is 0.795. The molecule has 0 spiro atoms. The summed E-state index contributed by atoms with van der Waals surface area (Å²) in [5, 5.41) is 6.50. The molecule has 1 aromatic rings. The average molecular weight is 274 g/mol. The average Bonchev–Trinajstić information content (AvgIpc) is 2.47. The van der Waals surface area contributed by atoms with Crippen molar-refractivity contribution in [3.63, 3.8) is 0 Å². The van der Waals surface area contributed by atoms with E-state index in [4.69, 9.17) is 0 Å². The van der Waals surface area contributed by atoms with Crippen LogP contribution < -0.4 is 10.6 Å². The molecule has 1 aliphatic rings. The van der Waals surface area contributed by atoms with Crippen molar-refractivity contribution in [1.82, 2.24) is 10.6 Å². The van der Waals surface area contributed by atoms with Gasteiger partial charge in [0.25, 0.3) is 0 Å². The molecular weight excluding hydrogens is 248 g/mol. The van der Waals surface area contributed by atoms with Crippen molar-refractivity contribution in [1.29, 1.82) is 0 Å². The minimum atomic E-state index is 0.185. The van der Waals surface area contributed by atoms with Crippen LogP contribution in [0.1, 0.15) is 38.2 Å². The molecule has 0 aromatic heterocycles. The third-order valence-electron chi connectivity index (χ3n) is 4.14. The molecule has 2 atom stereocenters. The number of amides is 1. The van der Waals surface area contributed by atoms with E-state index in [1.807, 2.05) is 6.07 Å². The second-order valence-electron chi connectivity index (χ2n) is 5.82. The fourth-order valence-corrected chi connectivity index (χ4v) is 2.82. The molecule has 20 heavy (non-hydrogen) atoms. The molecule has 2 unspecified atom stereocenters. The Labute approximate surface area is 122 Å². The van der Waals surface area contributed by atoms with Crippen LogP contribution in [0.4, 0.5) is 0 Å². The number of hydrogen-bond acceptors (Lipinski definition) is 2. The van der Waals surface area contributed by atoms with Gasteiger partial charge in [0.2, 0.25) is 5.91 Å². The minimum absolute atomic E-state index is 0.185. The van der Waals surface area contributed by atoms with E-state index in [9.17, 15) is 4.79 Å². The van der Waals surface area contributed by atoms with Crippen LogP contribution in [-0.4, -0.2) is 25.0 Å². The molecule has 1 saturated heterocycles. The predicted octanol–water partition coefficient (Wildman–Crippen LogP) is 2.51. The Morgan fingerprint density at radius 1 is 1.35 bits per heavy atom. The Hall–Kier alpha value is -1.35. The van der Waals surface area contributed by atoms with Gasteiger partial charge in [-0.3, -0.25) is 4.79 Å². The predicted molar refractivity (Wildman–Crippen MR) is 82.6 cm³/mol. The maximum atomic E-state index is 11.9. The van der Waals surface area contributed by atoms with Gasteiger partial charge in [-0.05, 0) is 43.7 Å². The smallest absolute Gasteiger partial charge is 0.221 e. The van der Waals surface area contributed by atoms with Crippen LogP contribution >= 0.6 is 0 Å². The number of hydrogen-bond donors (Lipinski definition) is 2. The van der Waals surface area contributed by atoms with Crippen LogP contribution in [0.25, 0.3) is 0 Å². The van der Waals surface area contributed by atoms with E-state index >= 15 is 0 Å². The highest BCUT2D eigenvalue weighted by atomic mass is 16.1. The molecule has 3 nitrogen and oxygen atoms in total. The Bertz CT molecular complexity index is 405. The SMILES string of the molecule is CC1CCCNC1CC(=O)NCCCc1ccccc1. The van der Waals surface area contributed by atoms with Crippen molar-refractivity contribution < 1.29 is 4.79 Å². The Kier molecular flexibility index (Phi) is 6.06. The van der Waals surface area contributed by atoms with Crippen molar-refractivity contribution >= 4 is 5.91 Å². The summed E-state index contributed by atoms with van der Waals surface area (Å²) in [6.45, 7) is 4.06. The van der Waals surface area contributed by atoms with Crippen molar-refractivity contribution in [2.75, 3.05) is 13.1 Å². The molecule has 110 valence electrons. The van der Waals surface area contributed by atoms with Crippen molar-refractivity contribution in [3.05, 3.63) is 35.9 Å². The van der Waals surface area contributed by atoms with E-state index < -0.39 is 0 Å². The molecule has 0 radical (unpaired) electrons. The van der Waals surface area contributed by atoms with Crippen LogP contribution in [0.5, 0.6) is 0 Å². The maximum Gasteiger partial charge on any atom is 0.221 e. The van der Waals surface area contributed by atoms with Crippen LogP contribution in [-0.2, 0) is 11.2 Å². The third kappa shape index (κ3) is 4.97. The van der Waals surface area contributed by atoms with Crippen molar-refractivity contribution in [2.24, 2.45) is 5.92 Å². The van der Waals surface area contributed by atoms with Gasteiger partial charge in [0.15, 0.2) is 0 Å². The molecular formula is C17H26N2O. The number of carbonyl (C=O) groups is 1. The topological polar surface area (TPSA) is 41.1 Å². The van der Waals surface area contributed by atoms with E-state index in [1.54, 1.807) is 0 Å². The fraction of sp³-hybridized carbons (Fsp3) is 0.588. The van der Waals surface area contributed by atoms with Gasteiger partial charge in [-0.2, -0.15) is 0 Å². The molecule has 1 aliphatic heterocycles. The minimum Gasteiger partial charge on any atom is -0.356 e. The van der Waals surface area contributed by atoms with E-state index in [0.29, 0.717) is 18.4 Å². The normalized spacial score (nSPS) is 22.4. The molecule has 1 fully saturated rings. The quantitative estimate of drug-likeness (QED) is 0.783. The van der Waals surface area contributed by atoms with Crippen molar-refractivity contribution in [2.45, 2.75) is 45.1 Å². The molecule has 2 rings (SSSR count). The zero-order valence-corrected chi connectivity index (χ0v) is 12.4. The van der Waals surface area contributed by atoms with Gasteiger partial charge in [-0.1, -0.05) is 37.3 Å². The fourth-order valence-electron chi connectivity index (χ4n) is 2.82. The molecule has 1 amide bonds. The highest BCUT2D eigenvalue weighted by molar-refractivity contribution is 5.76. The lowest BCUT2D eigenvalue weighted by atomic mass is 9.90. The van der Waals surface area contributed by atoms with Crippen LogP contribution in [0.2, 0.25) is 0 Å². The molecule has 0 saturated carbocycles. The highest BCUT2D eigenvalue weighted by Gasteiger charge is 2.22. The number of nitrogens with one attached hydrogen (secondary N) is 2. The Balaban J connectivity index is 1.60. The van der Waals surface area contributed by atoms with Gasteiger partial charge in [0.05, 0.1) is 0 Å². The first-order valence-corrected chi connectivity index (χ1v) is 7.79. The molecule has 1 heterocycles. The second kappa shape index (κ2) is 8.05. The zero-order valence-electron chi connectivity index (χ0n) is 12.4. The Morgan fingerprint density at radius 2 is 2.15 bits per heavy atom. The largest absolute Gasteiger partial charge is 0.356 e. The lowest BCUT2D eigenvalue weighted by Crippen LogP contribution is -2.43. The third-order valence-corrected chi connectivity index (χ3v) is 4.14. The highest BCUT2D eigenvalue weighted by Crippen LogP contribution is 2.17. The van der Waals surface area contributed by atoms with Gasteiger partial charge in [0, 0.05) is 19.0 Å². The number of carbonyl (C=O) groups excluding carboxylic acids is 1. The molecule has 2 N–H and O–H groups in total. The molecule has 3 heteroatoms. The number of benzene rings is 1. The summed E-state index contributed by atoms with van der Waals surface area (Å²) in [4.78, 5) is 11.9. The number of rotatable bonds is 6. The van der Waals surface area contributed by atoms with Gasteiger partial charge in [0.1, 0.15) is 0 Å². The number of aryl methyl sites for hydroxylation is 1. The van der Waals surface area contributed by atoms with E-state index in [-0.39, 0.29) is 5.91 Å². The Morgan fingerprint density at radius 3 is 2.90 bits per heavy atom. The van der Waals surface area contributed by atoms with Gasteiger partial charge in [-0.25, -0.2) is 0 Å². The first-order chi connectivity index (χ1) is 9.75. The summed E-state index contributed by atoms with van der Waals surface area (Å²) in [5.41, 5.74) is 1.34. The monoisotopic (exact) mass is 274 g/mol. The second-order valence-corrected chi connectivity index (χ2v) is 5.82. The van der Waals surface area contributed by atoms with Gasteiger partial charge < -0.3 is 10.6 Å². The van der Waals surface area contributed by atoms with E-state index in [1.165, 1.54) is 18.4 Å². The van der Waals surface area contributed by atoms with E-state index in [2.05, 4.69) is 41.8 Å². The maximum absolute atomic E-state index is 11.9. The van der Waals surface area contributed by atoms with Gasteiger partial charge in [-0.15, -0.1) is 0 Å². The molecule has 1 aromatic carbocycles. The summed E-state index contributed by atoms with van der Waals surface area (Å²) in [7, 11) is 0. The lowest BCUT2D eigenvalue weighted by molar-refractivity contribution is -0.122. The summed E-state index contributed by atoms with van der Waals surface area (Å²) in [6.07, 6.45) is 5.12. The van der Waals surface area contributed by atoms with Crippen molar-refractivity contribution in [3.8, 4) is 0 Å². The first kappa shape index (κ1) is 15.0. The number of piperidine rings is 1. The van der Waals surface area contributed by atoms with Crippen LogP contribution in [0.15, 0.2) is 30.3 Å². The summed E-state index contributed by atoms with van der Waals surface area (Å²) >= 11 is 0. The lowest BCUT2D eigenvalue weighted by Gasteiger charge is -2.29. The van der Waals surface area contributed by atoms with Crippen LogP contribution in [0, 0.1) is 5.92 Å². The first-order valence-electron chi connectivity index (χ1n) is 7.79.